The van der Waals surface area contributed by atoms with Crippen LogP contribution in [0.1, 0.15) is 63.1 Å². The first kappa shape index (κ1) is 15.1. The van der Waals surface area contributed by atoms with Crippen molar-refractivity contribution >= 4 is 0 Å². The summed E-state index contributed by atoms with van der Waals surface area (Å²) in [5, 5.41) is 12.5. The molecule has 110 valence electrons. The van der Waals surface area contributed by atoms with Gasteiger partial charge in [0, 0.05) is 25.0 Å². The summed E-state index contributed by atoms with van der Waals surface area (Å²) in [6.07, 6.45) is 11.7. The fourth-order valence-electron chi connectivity index (χ4n) is 3.10. The van der Waals surface area contributed by atoms with E-state index in [-0.39, 0.29) is 5.41 Å². The molecule has 0 aromatic carbocycles. The molecule has 2 rings (SSSR count). The summed E-state index contributed by atoms with van der Waals surface area (Å²) in [7, 11) is 2.06. The van der Waals surface area contributed by atoms with Gasteiger partial charge in [0.2, 0.25) is 0 Å². The molecule has 0 amide bonds. The van der Waals surface area contributed by atoms with E-state index >= 15 is 0 Å². The standard InChI is InChI=1S/C17H27N3/c1-17(2,13-18)9-6-10-20-11-14-7-4-5-8-16(19-3)15(14)12-20/h11-12,16,19H,4-10H2,1-3H3. The summed E-state index contributed by atoms with van der Waals surface area (Å²) in [6, 6.07) is 2.90. The Morgan fingerprint density at radius 1 is 1.40 bits per heavy atom. The summed E-state index contributed by atoms with van der Waals surface area (Å²) in [4.78, 5) is 0. The monoisotopic (exact) mass is 273 g/mol. The Kier molecular flexibility index (Phi) is 4.88. The van der Waals surface area contributed by atoms with E-state index in [0.717, 1.165) is 19.4 Å². The third-order valence-corrected chi connectivity index (χ3v) is 4.43. The third kappa shape index (κ3) is 3.64. The zero-order valence-electron chi connectivity index (χ0n) is 13.1. The summed E-state index contributed by atoms with van der Waals surface area (Å²) in [6.45, 7) is 5.07. The zero-order chi connectivity index (χ0) is 14.6. The van der Waals surface area contributed by atoms with Gasteiger partial charge < -0.3 is 9.88 Å². The number of aryl methyl sites for hydroxylation is 2. The minimum Gasteiger partial charge on any atom is -0.354 e. The summed E-state index contributed by atoms with van der Waals surface area (Å²) >= 11 is 0. The molecule has 1 aromatic heterocycles. The summed E-state index contributed by atoms with van der Waals surface area (Å²) in [5.74, 6) is 0. The lowest BCUT2D eigenvalue weighted by atomic mass is 9.90. The first-order valence-electron chi connectivity index (χ1n) is 7.83. The molecule has 1 aliphatic rings. The second-order valence-electron chi connectivity index (χ2n) is 6.66. The van der Waals surface area contributed by atoms with Gasteiger partial charge in [0.05, 0.1) is 11.5 Å². The van der Waals surface area contributed by atoms with Crippen LogP contribution in [0, 0.1) is 16.7 Å². The number of hydrogen-bond acceptors (Lipinski definition) is 2. The Morgan fingerprint density at radius 2 is 2.20 bits per heavy atom. The van der Waals surface area contributed by atoms with Gasteiger partial charge in [-0.15, -0.1) is 0 Å². The maximum atomic E-state index is 9.06. The molecule has 0 radical (unpaired) electrons. The molecular weight excluding hydrogens is 246 g/mol. The Morgan fingerprint density at radius 3 is 2.90 bits per heavy atom. The average Bonchev–Trinajstić information content (AvgIpc) is 2.72. The van der Waals surface area contributed by atoms with Crippen LogP contribution in [0.2, 0.25) is 0 Å². The highest BCUT2D eigenvalue weighted by Crippen LogP contribution is 2.29. The van der Waals surface area contributed by atoms with Crippen molar-refractivity contribution in [3.8, 4) is 6.07 Å². The lowest BCUT2D eigenvalue weighted by Gasteiger charge is -2.15. The largest absolute Gasteiger partial charge is 0.354 e. The van der Waals surface area contributed by atoms with Gasteiger partial charge in [0.1, 0.15) is 0 Å². The van der Waals surface area contributed by atoms with Crippen LogP contribution >= 0.6 is 0 Å². The molecule has 1 unspecified atom stereocenters. The molecule has 1 aliphatic carbocycles. The van der Waals surface area contributed by atoms with Crippen LogP contribution in [0.15, 0.2) is 12.4 Å². The van der Waals surface area contributed by atoms with Crippen molar-refractivity contribution in [3.05, 3.63) is 23.5 Å². The van der Waals surface area contributed by atoms with Crippen LogP contribution in [0.5, 0.6) is 0 Å². The van der Waals surface area contributed by atoms with E-state index in [1.54, 1.807) is 0 Å². The van der Waals surface area contributed by atoms with Crippen LogP contribution in [-0.2, 0) is 13.0 Å². The topological polar surface area (TPSA) is 40.8 Å². The minimum atomic E-state index is -0.197. The van der Waals surface area contributed by atoms with Crippen LogP contribution < -0.4 is 5.32 Å². The quantitative estimate of drug-likeness (QED) is 0.829. The first-order valence-corrected chi connectivity index (χ1v) is 7.83. The van der Waals surface area contributed by atoms with Gasteiger partial charge in [-0.3, -0.25) is 0 Å². The van der Waals surface area contributed by atoms with Crippen LogP contribution in [0.25, 0.3) is 0 Å². The molecule has 1 heterocycles. The first-order chi connectivity index (χ1) is 9.55. The fourth-order valence-corrected chi connectivity index (χ4v) is 3.10. The molecule has 1 N–H and O–H groups in total. The number of aromatic nitrogens is 1. The Balaban J connectivity index is 1.99. The van der Waals surface area contributed by atoms with Gasteiger partial charge in [0.25, 0.3) is 0 Å². The van der Waals surface area contributed by atoms with Gasteiger partial charge in [0.15, 0.2) is 0 Å². The minimum absolute atomic E-state index is 0.197. The predicted octanol–water partition coefficient (Wildman–Crippen LogP) is 3.80. The molecule has 0 fully saturated rings. The molecule has 0 aliphatic heterocycles. The van der Waals surface area contributed by atoms with Crippen LogP contribution in [0.4, 0.5) is 0 Å². The van der Waals surface area contributed by atoms with E-state index in [0.29, 0.717) is 6.04 Å². The smallest absolute Gasteiger partial charge is 0.0683 e. The van der Waals surface area contributed by atoms with Gasteiger partial charge in [-0.05, 0) is 64.1 Å². The highest BCUT2D eigenvalue weighted by molar-refractivity contribution is 5.29. The Hall–Kier alpha value is -1.27. The second-order valence-corrected chi connectivity index (χ2v) is 6.66. The molecule has 1 atom stereocenters. The Bertz CT molecular complexity index is 479. The molecule has 1 aromatic rings. The molecule has 0 saturated carbocycles. The van der Waals surface area contributed by atoms with Crippen molar-refractivity contribution < 1.29 is 0 Å². The molecule has 0 saturated heterocycles. The van der Waals surface area contributed by atoms with Crippen molar-refractivity contribution in [3.63, 3.8) is 0 Å². The lowest BCUT2D eigenvalue weighted by Crippen LogP contribution is -2.15. The molecule has 0 spiro atoms. The van der Waals surface area contributed by atoms with Crippen molar-refractivity contribution in [1.82, 2.24) is 9.88 Å². The van der Waals surface area contributed by atoms with E-state index in [1.165, 1.54) is 36.8 Å². The average molecular weight is 273 g/mol. The maximum absolute atomic E-state index is 9.06. The molecule has 3 heteroatoms. The van der Waals surface area contributed by atoms with E-state index in [2.05, 4.69) is 35.4 Å². The number of nitrogens with zero attached hydrogens (tertiary/aromatic N) is 2. The normalized spacial score (nSPS) is 19.2. The second kappa shape index (κ2) is 6.45. The third-order valence-electron chi connectivity index (χ3n) is 4.43. The van der Waals surface area contributed by atoms with E-state index in [1.807, 2.05) is 13.8 Å². The van der Waals surface area contributed by atoms with E-state index in [4.69, 9.17) is 5.26 Å². The van der Waals surface area contributed by atoms with Crippen molar-refractivity contribution in [1.29, 1.82) is 5.26 Å². The van der Waals surface area contributed by atoms with Gasteiger partial charge in [-0.2, -0.15) is 5.26 Å². The SMILES string of the molecule is CNC1CCCCc2cn(CCCC(C)(C)C#N)cc21. The number of nitrogens with one attached hydrogen (secondary N) is 1. The maximum Gasteiger partial charge on any atom is 0.0683 e. The molecule has 3 nitrogen and oxygen atoms in total. The highest BCUT2D eigenvalue weighted by atomic mass is 15.0. The van der Waals surface area contributed by atoms with E-state index < -0.39 is 0 Å². The summed E-state index contributed by atoms with van der Waals surface area (Å²) < 4.78 is 2.33. The number of rotatable bonds is 5. The highest BCUT2D eigenvalue weighted by Gasteiger charge is 2.20. The van der Waals surface area contributed by atoms with Crippen molar-refractivity contribution in [2.75, 3.05) is 7.05 Å². The molecular formula is C17H27N3. The number of nitriles is 1. The van der Waals surface area contributed by atoms with Crippen LogP contribution in [0.3, 0.4) is 0 Å². The van der Waals surface area contributed by atoms with Gasteiger partial charge in [-0.25, -0.2) is 0 Å². The molecule has 0 bridgehead atoms. The predicted molar refractivity (Wildman–Crippen MR) is 82.4 cm³/mol. The lowest BCUT2D eigenvalue weighted by molar-refractivity contribution is 0.415. The van der Waals surface area contributed by atoms with Crippen LogP contribution in [-0.4, -0.2) is 11.6 Å². The van der Waals surface area contributed by atoms with Gasteiger partial charge in [-0.1, -0.05) is 6.42 Å². The summed E-state index contributed by atoms with van der Waals surface area (Å²) in [5.41, 5.74) is 2.81. The number of hydrogen-bond donors (Lipinski definition) is 1. The zero-order valence-corrected chi connectivity index (χ0v) is 13.1. The van der Waals surface area contributed by atoms with Gasteiger partial charge >= 0.3 is 0 Å². The molecule has 20 heavy (non-hydrogen) atoms. The number of fused-ring (bicyclic) bond motifs is 1. The fraction of sp³-hybridized carbons (Fsp3) is 0.706. The van der Waals surface area contributed by atoms with Crippen molar-refractivity contribution in [2.24, 2.45) is 5.41 Å². The Labute approximate surface area is 123 Å². The van der Waals surface area contributed by atoms with E-state index in [9.17, 15) is 0 Å². The van der Waals surface area contributed by atoms with Crippen molar-refractivity contribution in [2.45, 2.75) is 65.0 Å².